The van der Waals surface area contributed by atoms with Gasteiger partial charge in [-0.1, -0.05) is 0 Å². The van der Waals surface area contributed by atoms with Gasteiger partial charge in [0.25, 0.3) is 0 Å². The van der Waals surface area contributed by atoms with E-state index in [1.54, 1.807) is 31.2 Å². The third-order valence-corrected chi connectivity index (χ3v) is 6.21. The van der Waals surface area contributed by atoms with Gasteiger partial charge in [-0.2, -0.15) is 0 Å². The van der Waals surface area contributed by atoms with Crippen LogP contribution in [0.15, 0.2) is 66.6 Å². The molecule has 0 N–H and O–H groups in total. The van der Waals surface area contributed by atoms with E-state index in [4.69, 9.17) is 22.7 Å². The summed E-state index contributed by atoms with van der Waals surface area (Å²) < 4.78 is 37.6. The maximum absolute atomic E-state index is 13.0. The van der Waals surface area contributed by atoms with Crippen molar-refractivity contribution < 1.29 is 41.8 Å². The van der Waals surface area contributed by atoms with E-state index in [1.807, 2.05) is 19.1 Å². The zero-order valence-electron chi connectivity index (χ0n) is 21.6. The summed E-state index contributed by atoms with van der Waals surface area (Å²) in [6, 6.07) is 13.4. The van der Waals surface area contributed by atoms with Gasteiger partial charge in [0.15, 0.2) is 0 Å². The first kappa shape index (κ1) is 25.7. The van der Waals surface area contributed by atoms with Crippen LogP contribution in [0.3, 0.4) is 0 Å². The minimum absolute atomic E-state index is 0.0544. The van der Waals surface area contributed by atoms with E-state index in [9.17, 15) is 14.4 Å². The van der Waals surface area contributed by atoms with Gasteiger partial charge >= 0.3 is 17.6 Å². The summed E-state index contributed by atoms with van der Waals surface area (Å²) in [5.41, 5.74) is 1.32. The van der Waals surface area contributed by atoms with E-state index >= 15 is 0 Å². The predicted molar refractivity (Wildman–Crippen MR) is 138 cm³/mol. The number of carbonyl (C=O) groups excluding carboxylic acids is 2. The highest BCUT2D eigenvalue weighted by molar-refractivity contribution is 6.06. The molecule has 0 aliphatic heterocycles. The summed E-state index contributed by atoms with van der Waals surface area (Å²) in [5, 5.41) is 1.81. The zero-order valence-corrected chi connectivity index (χ0v) is 21.6. The molecular weight excluding hydrogens is 508 g/mol. The molecule has 39 heavy (non-hydrogen) atoms. The number of ether oxygens (including phenoxy) is 4. The number of rotatable bonds is 8. The monoisotopic (exact) mass is 532 g/mol. The van der Waals surface area contributed by atoms with Crippen molar-refractivity contribution in [2.24, 2.45) is 0 Å². The van der Waals surface area contributed by atoms with Crippen LogP contribution in [0.25, 0.3) is 21.7 Å². The van der Waals surface area contributed by atoms with E-state index < -0.39 is 17.6 Å². The summed E-state index contributed by atoms with van der Waals surface area (Å²) in [6.45, 7) is 3.79. The van der Waals surface area contributed by atoms with Crippen molar-refractivity contribution in [3.63, 3.8) is 0 Å². The van der Waals surface area contributed by atoms with E-state index in [0.29, 0.717) is 44.9 Å². The van der Waals surface area contributed by atoms with Crippen LogP contribution in [0.5, 0.6) is 11.5 Å². The lowest BCUT2D eigenvalue weighted by atomic mass is 10.0. The quantitative estimate of drug-likeness (QED) is 0.144. The first-order valence-corrected chi connectivity index (χ1v) is 11.9. The minimum Gasteiger partial charge on any atom is -0.485 e. The van der Waals surface area contributed by atoms with E-state index in [-0.39, 0.29) is 24.7 Å². The summed E-state index contributed by atoms with van der Waals surface area (Å²) in [6.07, 6.45) is 0. The molecule has 0 spiro atoms. The molecule has 0 atom stereocenters. The number of carbonyl (C=O) groups is 2. The lowest BCUT2D eigenvalue weighted by molar-refractivity contribution is 0.0553. The van der Waals surface area contributed by atoms with Crippen molar-refractivity contribution >= 4 is 33.7 Å². The molecule has 10 heteroatoms. The average molecular weight is 533 g/mol. The second kappa shape index (κ2) is 10.4. The van der Waals surface area contributed by atoms with Gasteiger partial charge in [-0.15, -0.1) is 0 Å². The SMILES string of the molecule is COC(=O)c1ccc(COc2cc3c(=O)oc4c(C)c(OCc5ccc(C(=O)OC)o5)ccc4c3cc2C)o1. The summed E-state index contributed by atoms with van der Waals surface area (Å²) in [7, 11) is 2.55. The molecule has 0 bridgehead atoms. The summed E-state index contributed by atoms with van der Waals surface area (Å²) >= 11 is 0. The molecule has 0 aliphatic carbocycles. The number of furan rings is 2. The third-order valence-electron chi connectivity index (χ3n) is 6.21. The number of hydrogen-bond acceptors (Lipinski definition) is 10. The largest absolute Gasteiger partial charge is 0.485 e. The van der Waals surface area contributed by atoms with Crippen LogP contribution in [0.2, 0.25) is 0 Å². The molecule has 5 aromatic rings. The van der Waals surface area contributed by atoms with Gasteiger partial charge in [0, 0.05) is 16.3 Å². The van der Waals surface area contributed by atoms with Crippen LogP contribution in [0.1, 0.15) is 43.8 Å². The molecule has 5 rings (SSSR count). The third kappa shape index (κ3) is 4.96. The minimum atomic E-state index is -0.579. The van der Waals surface area contributed by atoms with Crippen LogP contribution in [0.4, 0.5) is 0 Å². The van der Waals surface area contributed by atoms with Gasteiger partial charge in [-0.05, 0) is 67.9 Å². The van der Waals surface area contributed by atoms with Crippen LogP contribution in [-0.2, 0) is 22.7 Å². The van der Waals surface area contributed by atoms with Gasteiger partial charge in [-0.3, -0.25) is 0 Å². The molecule has 0 radical (unpaired) electrons. The summed E-state index contributed by atoms with van der Waals surface area (Å²) in [4.78, 5) is 36.2. The second-order valence-corrected chi connectivity index (χ2v) is 8.71. The molecule has 3 heterocycles. The molecule has 0 aliphatic rings. The Labute approximate surface area is 221 Å². The van der Waals surface area contributed by atoms with Crippen molar-refractivity contribution in [2.45, 2.75) is 27.1 Å². The maximum Gasteiger partial charge on any atom is 0.373 e. The number of esters is 2. The molecule has 10 nitrogen and oxygen atoms in total. The van der Waals surface area contributed by atoms with Gasteiger partial charge < -0.3 is 32.2 Å². The van der Waals surface area contributed by atoms with Crippen molar-refractivity contribution in [2.75, 3.05) is 14.2 Å². The Kier molecular flexibility index (Phi) is 6.84. The molecule has 0 saturated heterocycles. The zero-order chi connectivity index (χ0) is 27.7. The summed E-state index contributed by atoms with van der Waals surface area (Å²) in [5.74, 6) is 0.854. The Morgan fingerprint density at radius 3 is 1.87 bits per heavy atom. The molecule has 0 unspecified atom stereocenters. The molecule has 0 amide bonds. The standard InChI is InChI=1S/C29H24O10/c1-15-11-20-19-7-10-22(35-13-17-5-8-23(37-17)28(31)33-3)16(2)26(19)39-27(30)21(20)12-25(15)36-14-18-6-9-24(38-18)29(32)34-4/h5-12H,13-14H2,1-4H3. The molecule has 2 aromatic carbocycles. The highest BCUT2D eigenvalue weighted by Gasteiger charge is 2.17. The number of benzene rings is 2. The first-order chi connectivity index (χ1) is 18.8. The van der Waals surface area contributed by atoms with Crippen molar-refractivity contribution in [1.29, 1.82) is 0 Å². The van der Waals surface area contributed by atoms with Gasteiger partial charge in [0.1, 0.15) is 41.8 Å². The Balaban J connectivity index is 1.40. The molecule has 0 saturated carbocycles. The van der Waals surface area contributed by atoms with Gasteiger partial charge in [0.05, 0.1) is 19.6 Å². The van der Waals surface area contributed by atoms with Crippen molar-refractivity contribution in [3.05, 3.63) is 93.1 Å². The lowest BCUT2D eigenvalue weighted by Gasteiger charge is -2.13. The van der Waals surface area contributed by atoms with Crippen molar-refractivity contribution in [3.8, 4) is 11.5 Å². The first-order valence-electron chi connectivity index (χ1n) is 11.9. The van der Waals surface area contributed by atoms with E-state index in [1.165, 1.54) is 26.4 Å². The van der Waals surface area contributed by atoms with Crippen LogP contribution in [-0.4, -0.2) is 26.2 Å². The highest BCUT2D eigenvalue weighted by Crippen LogP contribution is 2.34. The van der Waals surface area contributed by atoms with Gasteiger partial charge in [-0.25, -0.2) is 14.4 Å². The Bertz CT molecular complexity index is 1770. The normalized spacial score (nSPS) is 11.1. The fraction of sp³-hybridized carbons (Fsp3) is 0.207. The Hall–Kier alpha value is -4.99. The van der Waals surface area contributed by atoms with Crippen molar-refractivity contribution in [1.82, 2.24) is 0 Å². The second-order valence-electron chi connectivity index (χ2n) is 8.71. The van der Waals surface area contributed by atoms with Crippen LogP contribution < -0.4 is 15.1 Å². The smallest absolute Gasteiger partial charge is 0.373 e. The van der Waals surface area contributed by atoms with Crippen LogP contribution in [0, 0.1) is 13.8 Å². The number of methoxy groups -OCH3 is 2. The van der Waals surface area contributed by atoms with Gasteiger partial charge in [0.2, 0.25) is 11.5 Å². The number of hydrogen-bond donors (Lipinski definition) is 0. The predicted octanol–water partition coefficient (Wildman–Crippen LogP) is 5.48. The lowest BCUT2D eigenvalue weighted by Crippen LogP contribution is -2.04. The average Bonchev–Trinajstić information content (AvgIpc) is 3.61. The highest BCUT2D eigenvalue weighted by atomic mass is 16.5. The number of fused-ring (bicyclic) bond motifs is 3. The fourth-order valence-corrected chi connectivity index (χ4v) is 4.19. The van der Waals surface area contributed by atoms with E-state index in [2.05, 4.69) is 9.47 Å². The van der Waals surface area contributed by atoms with Crippen LogP contribution >= 0.6 is 0 Å². The van der Waals surface area contributed by atoms with E-state index in [0.717, 1.165) is 10.9 Å². The fourth-order valence-electron chi connectivity index (χ4n) is 4.19. The topological polar surface area (TPSA) is 128 Å². The maximum atomic E-state index is 13.0. The molecule has 0 fully saturated rings. The molecule has 200 valence electrons. The molecular formula is C29H24O10. The Morgan fingerprint density at radius 1 is 0.692 bits per heavy atom. The number of aryl methyl sites for hydroxylation is 2. The Morgan fingerprint density at radius 2 is 1.28 bits per heavy atom. The molecule has 3 aromatic heterocycles.